The van der Waals surface area contributed by atoms with Gasteiger partial charge in [-0.1, -0.05) is 85.8 Å². The fourth-order valence-corrected chi connectivity index (χ4v) is 6.17. The molecule has 0 radical (unpaired) electrons. The normalized spacial score (nSPS) is 11.8. The number of aryl methyl sites for hydroxylation is 1. The molecule has 7 nitrogen and oxygen atoms in total. The van der Waals surface area contributed by atoms with E-state index in [1.165, 1.54) is 23.1 Å². The van der Waals surface area contributed by atoms with Gasteiger partial charge in [0.2, 0.25) is 5.91 Å². The van der Waals surface area contributed by atoms with Gasteiger partial charge >= 0.3 is 0 Å². The van der Waals surface area contributed by atoms with Crippen molar-refractivity contribution < 1.29 is 14.4 Å². The third-order valence-corrected chi connectivity index (χ3v) is 8.97. The Morgan fingerprint density at radius 3 is 2.31 bits per heavy atom. The number of carbonyl (C=O) groups is 3. The summed E-state index contributed by atoms with van der Waals surface area (Å²) in [4.78, 5) is 45.1. The number of aromatic nitrogens is 1. The zero-order valence-corrected chi connectivity index (χ0v) is 26.5. The maximum absolute atomic E-state index is 13.5. The molecule has 3 N–H and O–H groups in total. The number of rotatable bonds is 11. The summed E-state index contributed by atoms with van der Waals surface area (Å²) in [5.41, 5.74) is 4.68. The number of thioether (sulfide) groups is 1. The van der Waals surface area contributed by atoms with Gasteiger partial charge in [-0.2, -0.15) is 0 Å². The van der Waals surface area contributed by atoms with Gasteiger partial charge in [-0.3, -0.25) is 14.4 Å². The number of nitrogens with one attached hydrogen (secondary N) is 3. The van der Waals surface area contributed by atoms with Crippen LogP contribution in [0.15, 0.2) is 125 Å². The molecule has 1 unspecified atom stereocenters. The summed E-state index contributed by atoms with van der Waals surface area (Å²) in [6, 6.07) is 33.5. The maximum atomic E-state index is 13.5. The van der Waals surface area contributed by atoms with Crippen LogP contribution < -0.4 is 16.0 Å². The number of benzene rings is 4. The third-order valence-electron chi connectivity index (χ3n) is 6.85. The fourth-order valence-electron chi connectivity index (χ4n) is 4.44. The van der Waals surface area contributed by atoms with Crippen LogP contribution in [0.3, 0.4) is 0 Å². The molecular formula is C36H32N4O3S2. The molecule has 1 aromatic heterocycles. The highest BCUT2D eigenvalue weighted by atomic mass is 32.2. The van der Waals surface area contributed by atoms with E-state index < -0.39 is 5.91 Å². The number of anilines is 2. The van der Waals surface area contributed by atoms with Crippen molar-refractivity contribution in [2.75, 3.05) is 10.6 Å². The molecule has 0 aliphatic rings. The van der Waals surface area contributed by atoms with Crippen LogP contribution in [-0.4, -0.2) is 28.0 Å². The molecule has 0 aliphatic heterocycles. The second-order valence-corrected chi connectivity index (χ2v) is 12.3. The first-order valence-electron chi connectivity index (χ1n) is 14.4. The van der Waals surface area contributed by atoms with E-state index >= 15 is 0 Å². The van der Waals surface area contributed by atoms with Crippen molar-refractivity contribution in [3.63, 3.8) is 0 Å². The van der Waals surface area contributed by atoms with Crippen molar-refractivity contribution in [1.29, 1.82) is 0 Å². The maximum Gasteiger partial charge on any atom is 0.272 e. The van der Waals surface area contributed by atoms with Gasteiger partial charge in [0.25, 0.3) is 11.8 Å². The molecule has 0 saturated carbocycles. The SMILES string of the molecule is CCC(Sc1cccc(NC(=O)/C(=C/c2ccccc2C)NC(=O)c2ccccc2)c1)C(=O)Nc1nc(-c2ccccc2)cs1. The Morgan fingerprint density at radius 2 is 1.58 bits per heavy atom. The molecule has 0 saturated heterocycles. The van der Waals surface area contributed by atoms with Crippen LogP contribution in [0.2, 0.25) is 0 Å². The van der Waals surface area contributed by atoms with Crippen LogP contribution >= 0.6 is 23.1 Å². The summed E-state index contributed by atoms with van der Waals surface area (Å²) in [7, 11) is 0. The van der Waals surface area contributed by atoms with E-state index in [4.69, 9.17) is 0 Å². The average Bonchev–Trinajstić information content (AvgIpc) is 3.53. The Morgan fingerprint density at radius 1 is 0.867 bits per heavy atom. The standard InChI is InChI=1S/C36H32N4O3S2/c1-3-32(35(43)40-36-39-31(23-44-36)25-14-6-4-7-15-25)45-29-20-12-19-28(22-29)37-34(42)30(21-27-18-11-10-13-24(27)2)38-33(41)26-16-8-5-9-17-26/h4-23,32H,3H2,1-2H3,(H,37,42)(H,38,41)(H,39,40,43)/b30-21-. The van der Waals surface area contributed by atoms with E-state index in [-0.39, 0.29) is 22.8 Å². The summed E-state index contributed by atoms with van der Waals surface area (Å²) < 4.78 is 0. The molecule has 0 spiro atoms. The first kappa shape index (κ1) is 31.4. The van der Waals surface area contributed by atoms with Gasteiger partial charge in [-0.25, -0.2) is 4.98 Å². The van der Waals surface area contributed by atoms with Crippen LogP contribution in [0.1, 0.15) is 34.8 Å². The average molecular weight is 633 g/mol. The van der Waals surface area contributed by atoms with Gasteiger partial charge in [0.05, 0.1) is 10.9 Å². The quantitative estimate of drug-likeness (QED) is 0.101. The minimum absolute atomic E-state index is 0.111. The van der Waals surface area contributed by atoms with Gasteiger partial charge < -0.3 is 16.0 Å². The van der Waals surface area contributed by atoms with Gasteiger partial charge in [0, 0.05) is 27.1 Å². The first-order chi connectivity index (χ1) is 21.9. The lowest BCUT2D eigenvalue weighted by atomic mass is 10.1. The van der Waals surface area contributed by atoms with E-state index in [1.54, 1.807) is 36.4 Å². The smallest absolute Gasteiger partial charge is 0.272 e. The number of hydrogen-bond donors (Lipinski definition) is 3. The summed E-state index contributed by atoms with van der Waals surface area (Å²) in [6.45, 7) is 3.90. The van der Waals surface area contributed by atoms with Gasteiger partial charge in [-0.15, -0.1) is 23.1 Å². The molecule has 3 amide bonds. The molecule has 9 heteroatoms. The van der Waals surface area contributed by atoms with E-state index in [1.807, 2.05) is 98.1 Å². The van der Waals surface area contributed by atoms with Crippen LogP contribution in [0.4, 0.5) is 10.8 Å². The van der Waals surface area contributed by atoms with E-state index in [9.17, 15) is 14.4 Å². The fraction of sp³-hybridized carbons (Fsp3) is 0.111. The minimum atomic E-state index is -0.465. The molecule has 45 heavy (non-hydrogen) atoms. The summed E-state index contributed by atoms with van der Waals surface area (Å²) in [5, 5.41) is 10.7. The Balaban J connectivity index is 1.28. The van der Waals surface area contributed by atoms with Crippen molar-refractivity contribution in [3.8, 4) is 11.3 Å². The lowest BCUT2D eigenvalue weighted by Crippen LogP contribution is -2.30. The molecule has 0 bridgehead atoms. The lowest BCUT2D eigenvalue weighted by Gasteiger charge is -2.15. The van der Waals surface area contributed by atoms with Crippen molar-refractivity contribution in [3.05, 3.63) is 137 Å². The van der Waals surface area contributed by atoms with Crippen molar-refractivity contribution in [2.24, 2.45) is 0 Å². The molecule has 4 aromatic carbocycles. The Hall–Kier alpha value is -4.99. The number of carbonyl (C=O) groups excluding carboxylic acids is 3. The zero-order valence-electron chi connectivity index (χ0n) is 24.8. The van der Waals surface area contributed by atoms with Gasteiger partial charge in [-0.05, 0) is 60.9 Å². The van der Waals surface area contributed by atoms with Crippen LogP contribution in [0.25, 0.3) is 17.3 Å². The molecule has 1 heterocycles. The molecule has 5 rings (SSSR count). The highest BCUT2D eigenvalue weighted by Crippen LogP contribution is 2.30. The lowest BCUT2D eigenvalue weighted by molar-refractivity contribution is -0.116. The molecule has 0 aliphatic carbocycles. The summed E-state index contributed by atoms with van der Waals surface area (Å²) >= 11 is 2.80. The van der Waals surface area contributed by atoms with E-state index in [0.29, 0.717) is 22.8 Å². The largest absolute Gasteiger partial charge is 0.321 e. The Bertz CT molecular complexity index is 1820. The van der Waals surface area contributed by atoms with Crippen LogP contribution in [0.5, 0.6) is 0 Å². The number of nitrogens with zero attached hydrogens (tertiary/aromatic N) is 1. The second-order valence-electron chi connectivity index (χ2n) is 10.1. The second kappa shape index (κ2) is 15.1. The Labute approximate surface area is 270 Å². The van der Waals surface area contributed by atoms with Crippen LogP contribution in [0, 0.1) is 6.92 Å². The summed E-state index contributed by atoms with van der Waals surface area (Å²) in [6.07, 6.45) is 2.27. The van der Waals surface area contributed by atoms with Crippen molar-refractivity contribution in [1.82, 2.24) is 10.3 Å². The topological polar surface area (TPSA) is 100 Å². The van der Waals surface area contributed by atoms with E-state index in [0.717, 1.165) is 27.3 Å². The predicted molar refractivity (Wildman–Crippen MR) is 184 cm³/mol. The first-order valence-corrected chi connectivity index (χ1v) is 16.2. The highest BCUT2D eigenvalue weighted by Gasteiger charge is 2.20. The number of hydrogen-bond acceptors (Lipinski definition) is 6. The van der Waals surface area contributed by atoms with Crippen molar-refractivity contribution in [2.45, 2.75) is 30.4 Å². The third kappa shape index (κ3) is 8.56. The molecular weight excluding hydrogens is 601 g/mol. The predicted octanol–water partition coefficient (Wildman–Crippen LogP) is 8.04. The molecule has 0 fully saturated rings. The monoisotopic (exact) mass is 632 g/mol. The Kier molecular flexibility index (Phi) is 10.6. The van der Waals surface area contributed by atoms with E-state index in [2.05, 4.69) is 20.9 Å². The van der Waals surface area contributed by atoms with Gasteiger partial charge in [0.15, 0.2) is 5.13 Å². The number of amides is 3. The molecule has 226 valence electrons. The molecule has 5 aromatic rings. The minimum Gasteiger partial charge on any atom is -0.321 e. The van der Waals surface area contributed by atoms with Gasteiger partial charge in [0.1, 0.15) is 5.70 Å². The zero-order chi connectivity index (χ0) is 31.6. The highest BCUT2D eigenvalue weighted by molar-refractivity contribution is 8.00. The number of thiazole rings is 1. The summed E-state index contributed by atoms with van der Waals surface area (Å²) in [5.74, 6) is -0.992. The van der Waals surface area contributed by atoms with Crippen LogP contribution in [-0.2, 0) is 9.59 Å². The molecule has 1 atom stereocenters. The van der Waals surface area contributed by atoms with Crippen molar-refractivity contribution >= 4 is 57.7 Å².